The van der Waals surface area contributed by atoms with Crippen molar-refractivity contribution in [1.29, 1.82) is 0 Å². The van der Waals surface area contributed by atoms with Gasteiger partial charge in [-0.25, -0.2) is 4.79 Å². The Kier molecular flexibility index (Phi) is 10.5. The molecule has 4 aromatic rings. The van der Waals surface area contributed by atoms with Gasteiger partial charge in [0.15, 0.2) is 0 Å². The first-order valence-electron chi connectivity index (χ1n) is 14.2. The maximum absolute atomic E-state index is 13.7. The number of nitrogens with two attached hydrogens (primary N) is 1. The standard InChI is InChI=1S/C31H38N6O5S/c1-3-17(2)27(37-28(38)22(32)12-18-14-33-23-10-6-4-8-20(18)23)30(40)35-25(29(39)36-26(16-43)31(41)42)13-19-15-34-24-11-7-5-9-21(19)24/h4-11,14-15,17,22,25-27,33-34,43H,3,12-13,16,32H2,1-2H3,(H,35,40)(H,36,39)(H,37,38)(H,41,42). The summed E-state index contributed by atoms with van der Waals surface area (Å²) in [6, 6.07) is 11.0. The highest BCUT2D eigenvalue weighted by atomic mass is 32.1. The molecular weight excluding hydrogens is 568 g/mol. The highest BCUT2D eigenvalue weighted by molar-refractivity contribution is 7.80. The number of aliphatic carboxylic acids is 1. The first-order valence-corrected chi connectivity index (χ1v) is 14.9. The van der Waals surface area contributed by atoms with Gasteiger partial charge in [-0.05, 0) is 35.6 Å². The number of aromatic amines is 2. The van der Waals surface area contributed by atoms with Gasteiger partial charge in [-0.3, -0.25) is 14.4 Å². The monoisotopic (exact) mass is 606 g/mol. The van der Waals surface area contributed by atoms with Crippen LogP contribution in [0.4, 0.5) is 0 Å². The SMILES string of the molecule is CCC(C)C(NC(=O)C(N)Cc1c[nH]c2ccccc12)C(=O)NC(Cc1c[nH]c2ccccc12)C(=O)NC(CS)C(=O)O. The number of H-pyrrole nitrogens is 2. The number of amides is 3. The fourth-order valence-corrected chi connectivity index (χ4v) is 5.29. The van der Waals surface area contributed by atoms with Crippen molar-refractivity contribution in [3.05, 3.63) is 72.1 Å². The van der Waals surface area contributed by atoms with Gasteiger partial charge in [0.05, 0.1) is 6.04 Å². The van der Waals surface area contributed by atoms with Gasteiger partial charge in [0, 0.05) is 46.4 Å². The number of carboxylic acids is 1. The molecule has 0 saturated carbocycles. The van der Waals surface area contributed by atoms with Crippen LogP contribution in [0.1, 0.15) is 31.4 Å². The van der Waals surface area contributed by atoms with E-state index < -0.39 is 47.9 Å². The van der Waals surface area contributed by atoms with E-state index in [0.717, 1.165) is 32.9 Å². The van der Waals surface area contributed by atoms with E-state index in [1.165, 1.54) is 0 Å². The topological polar surface area (TPSA) is 182 Å². The number of hydrogen-bond donors (Lipinski definition) is 8. The van der Waals surface area contributed by atoms with Crippen LogP contribution in [-0.4, -0.2) is 68.7 Å². The van der Waals surface area contributed by atoms with Gasteiger partial charge in [-0.2, -0.15) is 12.6 Å². The molecule has 0 fully saturated rings. The first kappa shape index (κ1) is 31.6. The Hall–Kier alpha value is -4.29. The second-order valence-corrected chi connectivity index (χ2v) is 11.1. The summed E-state index contributed by atoms with van der Waals surface area (Å²) in [5, 5.41) is 19.3. The minimum Gasteiger partial charge on any atom is -0.480 e. The zero-order valence-electron chi connectivity index (χ0n) is 24.1. The second-order valence-electron chi connectivity index (χ2n) is 10.7. The molecule has 0 aliphatic rings. The summed E-state index contributed by atoms with van der Waals surface area (Å²) in [7, 11) is 0. The lowest BCUT2D eigenvalue weighted by Crippen LogP contribution is -2.59. The van der Waals surface area contributed by atoms with E-state index in [0.29, 0.717) is 6.42 Å². The fraction of sp³-hybridized carbons (Fsp3) is 0.355. The number of rotatable bonds is 14. The minimum absolute atomic E-state index is 0.0851. The molecule has 2 aromatic heterocycles. The number of fused-ring (bicyclic) bond motifs is 2. The number of benzene rings is 2. The molecule has 0 aliphatic heterocycles. The van der Waals surface area contributed by atoms with Crippen LogP contribution in [0.15, 0.2) is 60.9 Å². The van der Waals surface area contributed by atoms with Crippen molar-refractivity contribution in [3.63, 3.8) is 0 Å². The molecule has 0 bridgehead atoms. The molecule has 8 N–H and O–H groups in total. The average Bonchev–Trinajstić information content (AvgIpc) is 3.61. The maximum Gasteiger partial charge on any atom is 0.327 e. The van der Waals surface area contributed by atoms with E-state index in [1.54, 1.807) is 6.20 Å². The van der Waals surface area contributed by atoms with Gasteiger partial charge in [0.1, 0.15) is 18.1 Å². The van der Waals surface area contributed by atoms with E-state index in [4.69, 9.17) is 5.73 Å². The number of para-hydroxylation sites is 2. The molecular formula is C31H38N6O5S. The highest BCUT2D eigenvalue weighted by Crippen LogP contribution is 2.21. The van der Waals surface area contributed by atoms with E-state index in [1.807, 2.05) is 68.6 Å². The Morgan fingerprint density at radius 1 is 0.814 bits per heavy atom. The van der Waals surface area contributed by atoms with Crippen LogP contribution in [0, 0.1) is 5.92 Å². The zero-order valence-corrected chi connectivity index (χ0v) is 25.0. The van der Waals surface area contributed by atoms with Gasteiger partial charge >= 0.3 is 5.97 Å². The van der Waals surface area contributed by atoms with E-state index in [2.05, 4.69) is 38.5 Å². The van der Waals surface area contributed by atoms with Crippen molar-refractivity contribution >= 4 is 58.1 Å². The van der Waals surface area contributed by atoms with E-state index in [9.17, 15) is 24.3 Å². The Balaban J connectivity index is 1.52. The summed E-state index contributed by atoms with van der Waals surface area (Å²) in [4.78, 5) is 58.2. The number of hydrogen-bond acceptors (Lipinski definition) is 6. The van der Waals surface area contributed by atoms with Crippen molar-refractivity contribution in [1.82, 2.24) is 25.9 Å². The molecule has 5 unspecified atom stereocenters. The van der Waals surface area contributed by atoms with Crippen LogP contribution < -0.4 is 21.7 Å². The van der Waals surface area contributed by atoms with Crippen molar-refractivity contribution in [2.45, 2.75) is 57.3 Å². The van der Waals surface area contributed by atoms with Gasteiger partial charge in [-0.15, -0.1) is 0 Å². The third-order valence-corrected chi connectivity index (χ3v) is 8.14. The number of thiol groups is 1. The quantitative estimate of drug-likeness (QED) is 0.102. The third kappa shape index (κ3) is 7.57. The average molecular weight is 607 g/mol. The van der Waals surface area contributed by atoms with Crippen LogP contribution in [0.2, 0.25) is 0 Å². The van der Waals surface area contributed by atoms with Crippen molar-refractivity contribution < 1.29 is 24.3 Å². The van der Waals surface area contributed by atoms with E-state index >= 15 is 0 Å². The Labute approximate surface area is 254 Å². The molecule has 4 rings (SSSR count). The van der Waals surface area contributed by atoms with E-state index in [-0.39, 0.29) is 24.5 Å². The summed E-state index contributed by atoms with van der Waals surface area (Å²) >= 11 is 4.04. The number of carbonyl (C=O) groups excluding carboxylic acids is 3. The lowest BCUT2D eigenvalue weighted by atomic mass is 9.96. The Bertz CT molecular complexity index is 1600. The van der Waals surface area contributed by atoms with Crippen molar-refractivity contribution in [3.8, 4) is 0 Å². The van der Waals surface area contributed by atoms with Crippen LogP contribution in [0.25, 0.3) is 21.8 Å². The molecule has 0 radical (unpaired) electrons. The minimum atomic E-state index is -1.24. The number of carboxylic acid groups (broad SMARTS) is 1. The maximum atomic E-state index is 13.7. The molecule has 0 aliphatic carbocycles. The zero-order chi connectivity index (χ0) is 31.1. The summed E-state index contributed by atoms with van der Waals surface area (Å²) in [5.74, 6) is -3.40. The van der Waals surface area contributed by atoms with Crippen LogP contribution in [0.5, 0.6) is 0 Å². The molecule has 3 amide bonds. The van der Waals surface area contributed by atoms with Gasteiger partial charge < -0.3 is 36.8 Å². The number of nitrogens with one attached hydrogen (secondary N) is 5. The van der Waals surface area contributed by atoms with Crippen LogP contribution in [0.3, 0.4) is 0 Å². The highest BCUT2D eigenvalue weighted by Gasteiger charge is 2.33. The second kappa shape index (κ2) is 14.3. The number of carbonyl (C=O) groups is 4. The molecule has 12 heteroatoms. The summed E-state index contributed by atoms with van der Waals surface area (Å²) in [6.45, 7) is 3.72. The molecule has 0 saturated heterocycles. The molecule has 5 atom stereocenters. The summed E-state index contributed by atoms with van der Waals surface area (Å²) in [6.07, 6.45) is 4.48. The van der Waals surface area contributed by atoms with Gasteiger partial charge in [-0.1, -0.05) is 56.7 Å². The lowest BCUT2D eigenvalue weighted by Gasteiger charge is -2.28. The Morgan fingerprint density at radius 3 is 1.88 bits per heavy atom. The Morgan fingerprint density at radius 2 is 1.35 bits per heavy atom. The first-order chi connectivity index (χ1) is 20.6. The molecule has 11 nitrogen and oxygen atoms in total. The smallest absolute Gasteiger partial charge is 0.327 e. The molecule has 2 aromatic carbocycles. The largest absolute Gasteiger partial charge is 0.480 e. The van der Waals surface area contributed by atoms with Gasteiger partial charge in [0.2, 0.25) is 17.7 Å². The lowest BCUT2D eigenvalue weighted by molar-refractivity contribution is -0.141. The molecule has 0 spiro atoms. The predicted molar refractivity (Wildman–Crippen MR) is 169 cm³/mol. The number of aromatic nitrogens is 2. The third-order valence-electron chi connectivity index (χ3n) is 7.77. The fourth-order valence-electron chi connectivity index (χ4n) is 5.04. The summed E-state index contributed by atoms with van der Waals surface area (Å²) in [5.41, 5.74) is 9.73. The van der Waals surface area contributed by atoms with Crippen molar-refractivity contribution in [2.75, 3.05) is 5.75 Å². The molecule has 228 valence electrons. The molecule has 2 heterocycles. The summed E-state index contributed by atoms with van der Waals surface area (Å²) < 4.78 is 0. The van der Waals surface area contributed by atoms with Gasteiger partial charge in [0.25, 0.3) is 0 Å². The normalized spacial score (nSPS) is 14.9. The van der Waals surface area contributed by atoms with Crippen LogP contribution in [-0.2, 0) is 32.0 Å². The van der Waals surface area contributed by atoms with Crippen molar-refractivity contribution in [2.24, 2.45) is 11.7 Å². The molecule has 43 heavy (non-hydrogen) atoms. The van der Waals surface area contributed by atoms with Crippen LogP contribution >= 0.6 is 12.6 Å². The predicted octanol–water partition coefficient (Wildman–Crippen LogP) is 2.28.